The van der Waals surface area contributed by atoms with Gasteiger partial charge in [0.05, 0.1) is 6.04 Å². The van der Waals surface area contributed by atoms with Crippen molar-refractivity contribution in [1.82, 2.24) is 5.43 Å². The predicted octanol–water partition coefficient (Wildman–Crippen LogP) is 1.29. The molecule has 1 aliphatic rings. The third-order valence-corrected chi connectivity index (χ3v) is 3.54. The second-order valence-electron chi connectivity index (χ2n) is 2.83. The van der Waals surface area contributed by atoms with E-state index in [1.807, 2.05) is 17.8 Å². The van der Waals surface area contributed by atoms with Crippen LogP contribution in [0, 0.1) is 0 Å². The highest BCUT2D eigenvalue weighted by atomic mass is 32.2. The predicted molar refractivity (Wildman–Crippen MR) is 51.4 cm³/mol. The number of rotatable bonds is 3. The van der Waals surface area contributed by atoms with Crippen LogP contribution < -0.4 is 11.3 Å². The summed E-state index contributed by atoms with van der Waals surface area (Å²) in [5.74, 6) is 6.65. The Morgan fingerprint density at radius 3 is 2.91 bits per heavy atom. The summed E-state index contributed by atoms with van der Waals surface area (Å²) in [5, 5.41) is 0.645. The van der Waals surface area contributed by atoms with Crippen LogP contribution in [0.25, 0.3) is 0 Å². The maximum absolute atomic E-state index is 5.38. The second kappa shape index (κ2) is 4.80. The first kappa shape index (κ1) is 9.10. The molecule has 2 atom stereocenters. The molecule has 3 N–H and O–H groups in total. The van der Waals surface area contributed by atoms with Gasteiger partial charge in [0.2, 0.25) is 0 Å². The summed E-state index contributed by atoms with van der Waals surface area (Å²) >= 11 is 2.01. The van der Waals surface area contributed by atoms with Gasteiger partial charge >= 0.3 is 0 Å². The molecule has 1 aliphatic heterocycles. The smallest absolute Gasteiger partial charge is 0.0506 e. The lowest BCUT2D eigenvalue weighted by atomic mass is 10.1. The van der Waals surface area contributed by atoms with Gasteiger partial charge in [-0.15, -0.1) is 6.58 Å². The Labute approximate surface area is 72.6 Å². The van der Waals surface area contributed by atoms with Crippen LogP contribution in [0.5, 0.6) is 0 Å². The van der Waals surface area contributed by atoms with E-state index in [0.717, 1.165) is 0 Å². The molecule has 2 unspecified atom stereocenters. The first-order chi connectivity index (χ1) is 5.38. The maximum Gasteiger partial charge on any atom is 0.0506 e. The summed E-state index contributed by atoms with van der Waals surface area (Å²) in [6.45, 7) is 3.75. The average Bonchev–Trinajstić information content (AvgIpc) is 2.09. The quantitative estimate of drug-likeness (QED) is 0.383. The van der Waals surface area contributed by atoms with E-state index >= 15 is 0 Å². The van der Waals surface area contributed by atoms with Crippen molar-refractivity contribution < 1.29 is 0 Å². The summed E-state index contributed by atoms with van der Waals surface area (Å²) in [4.78, 5) is 0. The van der Waals surface area contributed by atoms with E-state index in [2.05, 4.69) is 12.0 Å². The number of hydrazine groups is 1. The number of hydrogen-bond acceptors (Lipinski definition) is 3. The minimum Gasteiger partial charge on any atom is -0.271 e. The van der Waals surface area contributed by atoms with Crippen molar-refractivity contribution in [1.29, 1.82) is 0 Å². The molecule has 0 saturated carbocycles. The van der Waals surface area contributed by atoms with Crippen molar-refractivity contribution in [2.75, 3.05) is 5.75 Å². The van der Waals surface area contributed by atoms with E-state index in [1.165, 1.54) is 25.0 Å². The Bertz CT molecular complexity index is 121. The minimum absolute atomic E-state index is 0.292. The molecule has 0 aromatic carbocycles. The maximum atomic E-state index is 5.38. The third kappa shape index (κ3) is 2.51. The van der Waals surface area contributed by atoms with Gasteiger partial charge in [0.1, 0.15) is 0 Å². The molecule has 0 radical (unpaired) electrons. The van der Waals surface area contributed by atoms with Crippen LogP contribution in [0.2, 0.25) is 0 Å². The highest BCUT2D eigenvalue weighted by Gasteiger charge is 2.20. The Hall–Kier alpha value is 0.0100. The van der Waals surface area contributed by atoms with Gasteiger partial charge in [-0.2, -0.15) is 11.8 Å². The molecule has 1 saturated heterocycles. The summed E-state index contributed by atoms with van der Waals surface area (Å²) < 4.78 is 0. The summed E-state index contributed by atoms with van der Waals surface area (Å²) in [7, 11) is 0. The molecule has 0 aromatic heterocycles. The molecule has 11 heavy (non-hydrogen) atoms. The number of nitrogens with one attached hydrogen (secondary N) is 1. The number of hydrogen-bond donors (Lipinski definition) is 2. The van der Waals surface area contributed by atoms with E-state index in [9.17, 15) is 0 Å². The Balaban J connectivity index is 2.35. The second-order valence-corrected chi connectivity index (χ2v) is 4.18. The van der Waals surface area contributed by atoms with Gasteiger partial charge in [-0.3, -0.25) is 11.3 Å². The summed E-state index contributed by atoms with van der Waals surface area (Å²) in [6.07, 6.45) is 5.87. The molecule has 0 amide bonds. The SMILES string of the molecule is C=CC(NN)C1CCCCS1. The molecule has 3 heteroatoms. The average molecular weight is 172 g/mol. The van der Waals surface area contributed by atoms with Crippen molar-refractivity contribution >= 4 is 11.8 Å². The van der Waals surface area contributed by atoms with E-state index in [0.29, 0.717) is 11.3 Å². The van der Waals surface area contributed by atoms with Crippen molar-refractivity contribution in [3.05, 3.63) is 12.7 Å². The van der Waals surface area contributed by atoms with Gasteiger partial charge < -0.3 is 0 Å². The van der Waals surface area contributed by atoms with Gasteiger partial charge in [0.15, 0.2) is 0 Å². The fourth-order valence-corrected chi connectivity index (χ4v) is 2.78. The van der Waals surface area contributed by atoms with Crippen LogP contribution in [0.15, 0.2) is 12.7 Å². The number of nitrogens with two attached hydrogens (primary N) is 1. The molecule has 64 valence electrons. The van der Waals surface area contributed by atoms with E-state index in [1.54, 1.807) is 0 Å². The van der Waals surface area contributed by atoms with E-state index in [4.69, 9.17) is 5.84 Å². The molecule has 0 spiro atoms. The molecular weight excluding hydrogens is 156 g/mol. The molecule has 2 nitrogen and oxygen atoms in total. The van der Waals surface area contributed by atoms with Gasteiger partial charge in [-0.25, -0.2) is 0 Å². The topological polar surface area (TPSA) is 38.0 Å². The van der Waals surface area contributed by atoms with Crippen molar-refractivity contribution in [2.24, 2.45) is 5.84 Å². The monoisotopic (exact) mass is 172 g/mol. The van der Waals surface area contributed by atoms with Gasteiger partial charge in [0, 0.05) is 5.25 Å². The van der Waals surface area contributed by atoms with Crippen molar-refractivity contribution in [2.45, 2.75) is 30.6 Å². The lowest BCUT2D eigenvalue weighted by Crippen LogP contribution is -2.41. The highest BCUT2D eigenvalue weighted by molar-refractivity contribution is 8.00. The molecule has 0 aromatic rings. The Morgan fingerprint density at radius 1 is 1.64 bits per heavy atom. The zero-order chi connectivity index (χ0) is 8.10. The fourth-order valence-electron chi connectivity index (χ4n) is 1.38. The molecular formula is C8H16N2S. The lowest BCUT2D eigenvalue weighted by molar-refractivity contribution is 0.541. The zero-order valence-corrected chi connectivity index (χ0v) is 7.57. The molecule has 1 rings (SSSR count). The van der Waals surface area contributed by atoms with Crippen LogP contribution in [0.1, 0.15) is 19.3 Å². The van der Waals surface area contributed by atoms with Gasteiger partial charge in [-0.05, 0) is 18.6 Å². The molecule has 0 bridgehead atoms. The summed E-state index contributed by atoms with van der Waals surface area (Å²) in [5.41, 5.74) is 2.78. The largest absolute Gasteiger partial charge is 0.271 e. The first-order valence-corrected chi connectivity index (χ1v) is 5.13. The molecule has 1 fully saturated rings. The standard InChI is InChI=1S/C8H16N2S/c1-2-7(10-9)8-5-3-4-6-11-8/h2,7-8,10H,1,3-6,9H2. The molecule has 0 aliphatic carbocycles. The Kier molecular flexibility index (Phi) is 3.97. The number of thioether (sulfide) groups is 1. The summed E-state index contributed by atoms with van der Waals surface area (Å²) in [6, 6.07) is 0.292. The van der Waals surface area contributed by atoms with Crippen LogP contribution in [-0.2, 0) is 0 Å². The fraction of sp³-hybridized carbons (Fsp3) is 0.750. The third-order valence-electron chi connectivity index (χ3n) is 2.06. The normalized spacial score (nSPS) is 27.9. The zero-order valence-electron chi connectivity index (χ0n) is 6.75. The van der Waals surface area contributed by atoms with Gasteiger partial charge in [0.25, 0.3) is 0 Å². The minimum atomic E-state index is 0.292. The van der Waals surface area contributed by atoms with Crippen molar-refractivity contribution in [3.8, 4) is 0 Å². The van der Waals surface area contributed by atoms with E-state index < -0.39 is 0 Å². The Morgan fingerprint density at radius 2 is 2.45 bits per heavy atom. The van der Waals surface area contributed by atoms with Crippen LogP contribution >= 0.6 is 11.8 Å². The van der Waals surface area contributed by atoms with Crippen molar-refractivity contribution in [3.63, 3.8) is 0 Å². The van der Waals surface area contributed by atoms with Gasteiger partial charge in [-0.1, -0.05) is 12.5 Å². The van der Waals surface area contributed by atoms with Crippen LogP contribution in [0.4, 0.5) is 0 Å². The highest BCUT2D eigenvalue weighted by Crippen LogP contribution is 2.27. The van der Waals surface area contributed by atoms with Crippen LogP contribution in [0.3, 0.4) is 0 Å². The first-order valence-electron chi connectivity index (χ1n) is 4.08. The molecule has 1 heterocycles. The lowest BCUT2D eigenvalue weighted by Gasteiger charge is -2.26. The van der Waals surface area contributed by atoms with E-state index in [-0.39, 0.29) is 0 Å². The van der Waals surface area contributed by atoms with Crippen LogP contribution in [-0.4, -0.2) is 17.0 Å².